The van der Waals surface area contributed by atoms with Gasteiger partial charge in [0.2, 0.25) is 5.91 Å². The summed E-state index contributed by atoms with van der Waals surface area (Å²) in [5.74, 6) is -2.04. The summed E-state index contributed by atoms with van der Waals surface area (Å²) >= 11 is 0. The molecule has 2 aromatic carbocycles. The molecule has 2 aromatic rings. The van der Waals surface area contributed by atoms with Gasteiger partial charge in [-0.25, -0.2) is 18.6 Å². The minimum Gasteiger partial charge on any atom is -0.461 e. The third-order valence-corrected chi connectivity index (χ3v) is 7.25. The van der Waals surface area contributed by atoms with E-state index in [-0.39, 0.29) is 37.3 Å². The lowest BCUT2D eigenvalue weighted by Gasteiger charge is -2.28. The molecular formula is C26H29N3O10S. The third-order valence-electron chi connectivity index (χ3n) is 6.50. The van der Waals surface area contributed by atoms with Gasteiger partial charge in [-0.3, -0.25) is 4.79 Å². The van der Waals surface area contributed by atoms with Crippen molar-refractivity contribution >= 4 is 34.3 Å². The molecule has 2 aliphatic rings. The molecule has 0 unspecified atom stereocenters. The van der Waals surface area contributed by atoms with Gasteiger partial charge in [0.25, 0.3) is 0 Å². The van der Waals surface area contributed by atoms with Crippen molar-refractivity contribution in [2.24, 2.45) is 11.1 Å². The highest BCUT2D eigenvalue weighted by atomic mass is 32.3. The summed E-state index contributed by atoms with van der Waals surface area (Å²) in [7, 11) is -4.81. The zero-order valence-electron chi connectivity index (χ0n) is 21.6. The van der Waals surface area contributed by atoms with Crippen LogP contribution in [0.1, 0.15) is 40.5 Å². The van der Waals surface area contributed by atoms with Gasteiger partial charge in [-0.15, -0.1) is 4.28 Å². The molecule has 2 bridgehead atoms. The molecule has 0 aliphatic carbocycles. The van der Waals surface area contributed by atoms with Gasteiger partial charge in [0.15, 0.2) is 0 Å². The quantitative estimate of drug-likeness (QED) is 0.367. The standard InChI is InChI=1S/C26H29N3O10S/c1-26(15-36-23(31)18-8-4-2-5-9-18,16-37-24(32)19-10-6-3-7-11-19)17-38-40(34,35)39-29-20-12-13-21(22(27)30)28(14-20)25(29)33/h2-11,20-21H,12-17H2,1H3,(H2,27,30)/t20-,21+/m1/s1. The second kappa shape index (κ2) is 12.0. The number of ether oxygens (including phenoxy) is 2. The van der Waals surface area contributed by atoms with Crippen molar-refractivity contribution in [1.82, 2.24) is 9.96 Å². The average Bonchev–Trinajstić information content (AvgIpc) is 3.18. The highest BCUT2D eigenvalue weighted by Crippen LogP contribution is 2.31. The fourth-order valence-electron chi connectivity index (χ4n) is 4.28. The van der Waals surface area contributed by atoms with Crippen molar-refractivity contribution < 1.29 is 45.5 Å². The predicted octanol–water partition coefficient (Wildman–Crippen LogP) is 1.65. The van der Waals surface area contributed by atoms with E-state index in [1.54, 1.807) is 60.7 Å². The molecule has 2 heterocycles. The van der Waals surface area contributed by atoms with Crippen LogP contribution in [-0.2, 0) is 33.1 Å². The Balaban J connectivity index is 1.42. The van der Waals surface area contributed by atoms with Gasteiger partial charge in [0.1, 0.15) is 19.3 Å². The summed E-state index contributed by atoms with van der Waals surface area (Å²) in [5, 5.41) is 0.653. The first-order valence-electron chi connectivity index (χ1n) is 12.4. The normalized spacial score (nSPS) is 18.9. The van der Waals surface area contributed by atoms with E-state index in [0.717, 1.165) is 4.90 Å². The van der Waals surface area contributed by atoms with Crippen molar-refractivity contribution in [1.29, 1.82) is 0 Å². The average molecular weight is 576 g/mol. The SMILES string of the molecule is CC(COC(=O)c1ccccc1)(COC(=O)c1ccccc1)COS(=O)(=O)ON1C(=O)N2C[C@H]1CC[C@H]2C(N)=O. The second-order valence-corrected chi connectivity index (χ2v) is 11.1. The van der Waals surface area contributed by atoms with E-state index in [1.165, 1.54) is 6.92 Å². The maximum Gasteiger partial charge on any atom is 0.421 e. The minimum absolute atomic E-state index is 0.0740. The number of nitrogens with two attached hydrogens (primary N) is 1. The molecule has 40 heavy (non-hydrogen) atoms. The van der Waals surface area contributed by atoms with Crippen LogP contribution in [0.15, 0.2) is 60.7 Å². The number of hydrogen-bond acceptors (Lipinski definition) is 10. The monoisotopic (exact) mass is 575 g/mol. The molecule has 4 rings (SSSR count). The summed E-state index contributed by atoms with van der Waals surface area (Å²) in [4.78, 5) is 50.5. The number of carbonyl (C=O) groups is 4. The molecule has 2 aliphatic heterocycles. The number of primary amides is 1. The third kappa shape index (κ3) is 6.94. The summed E-state index contributed by atoms with van der Waals surface area (Å²) in [6.45, 7) is 0.190. The Kier molecular flexibility index (Phi) is 8.71. The maximum atomic E-state index is 12.7. The summed E-state index contributed by atoms with van der Waals surface area (Å²) in [6.07, 6.45) is 0.568. The first-order chi connectivity index (χ1) is 19.0. The smallest absolute Gasteiger partial charge is 0.421 e. The van der Waals surface area contributed by atoms with Crippen LogP contribution in [0.3, 0.4) is 0 Å². The van der Waals surface area contributed by atoms with Crippen molar-refractivity contribution in [3.05, 3.63) is 71.8 Å². The van der Waals surface area contributed by atoms with Crippen LogP contribution < -0.4 is 5.73 Å². The number of fused-ring (bicyclic) bond motifs is 2. The number of rotatable bonds is 12. The Labute approximate surface area is 231 Å². The molecule has 14 heteroatoms. The Bertz CT molecular complexity index is 1300. The zero-order chi connectivity index (χ0) is 28.9. The molecule has 2 atom stereocenters. The van der Waals surface area contributed by atoms with Gasteiger partial charge in [-0.1, -0.05) is 43.3 Å². The first kappa shape index (κ1) is 29.0. The fraction of sp³-hybridized carbons (Fsp3) is 0.385. The van der Waals surface area contributed by atoms with E-state index in [2.05, 4.69) is 0 Å². The minimum atomic E-state index is -4.81. The van der Waals surface area contributed by atoms with Gasteiger partial charge in [-0.2, -0.15) is 13.5 Å². The number of piperidine rings is 1. The summed E-state index contributed by atoms with van der Waals surface area (Å²) < 4.78 is 46.3. The van der Waals surface area contributed by atoms with Gasteiger partial charge in [0.05, 0.1) is 29.2 Å². The van der Waals surface area contributed by atoms with Crippen LogP contribution in [-0.4, -0.2) is 80.7 Å². The predicted molar refractivity (Wildman–Crippen MR) is 137 cm³/mol. The van der Waals surface area contributed by atoms with Gasteiger partial charge < -0.3 is 20.1 Å². The highest BCUT2D eigenvalue weighted by Gasteiger charge is 2.49. The number of carbonyl (C=O) groups excluding carboxylic acids is 4. The van der Waals surface area contributed by atoms with Crippen molar-refractivity contribution in [2.45, 2.75) is 31.8 Å². The lowest BCUT2D eigenvalue weighted by molar-refractivity contribution is -0.122. The molecule has 0 radical (unpaired) electrons. The van der Waals surface area contributed by atoms with E-state index >= 15 is 0 Å². The Morgan fingerprint density at radius 1 is 0.900 bits per heavy atom. The number of nitrogens with zero attached hydrogens (tertiary/aromatic N) is 2. The molecule has 214 valence electrons. The number of amides is 3. The number of hydroxylamine groups is 2. The molecular weight excluding hydrogens is 546 g/mol. The van der Waals surface area contributed by atoms with E-state index < -0.39 is 58.4 Å². The Hall–Kier alpha value is -4.01. The molecule has 2 fully saturated rings. The lowest BCUT2D eigenvalue weighted by atomic mass is 9.94. The first-order valence-corrected chi connectivity index (χ1v) is 13.7. The van der Waals surface area contributed by atoms with E-state index in [4.69, 9.17) is 23.7 Å². The fourth-order valence-corrected chi connectivity index (χ4v) is 5.13. The summed E-state index contributed by atoms with van der Waals surface area (Å²) in [6, 6.07) is 14.0. The van der Waals surface area contributed by atoms with Crippen LogP contribution in [0.25, 0.3) is 0 Å². The molecule has 2 saturated heterocycles. The lowest BCUT2D eigenvalue weighted by Crippen LogP contribution is -2.47. The van der Waals surface area contributed by atoms with Crippen LogP contribution in [0.2, 0.25) is 0 Å². The number of benzene rings is 2. The molecule has 3 amide bonds. The van der Waals surface area contributed by atoms with Gasteiger partial charge in [0, 0.05) is 6.54 Å². The number of esters is 2. The number of hydrogen-bond donors (Lipinski definition) is 1. The Morgan fingerprint density at radius 2 is 1.43 bits per heavy atom. The zero-order valence-corrected chi connectivity index (χ0v) is 22.4. The van der Waals surface area contributed by atoms with E-state index in [0.29, 0.717) is 11.5 Å². The van der Waals surface area contributed by atoms with Crippen LogP contribution in [0.5, 0.6) is 0 Å². The highest BCUT2D eigenvalue weighted by molar-refractivity contribution is 7.81. The largest absolute Gasteiger partial charge is 0.461 e. The van der Waals surface area contributed by atoms with Crippen LogP contribution >= 0.6 is 0 Å². The van der Waals surface area contributed by atoms with Crippen molar-refractivity contribution in [3.8, 4) is 0 Å². The molecule has 0 saturated carbocycles. The van der Waals surface area contributed by atoms with E-state index in [9.17, 15) is 27.6 Å². The molecule has 0 spiro atoms. The number of urea groups is 1. The summed E-state index contributed by atoms with van der Waals surface area (Å²) in [5.41, 5.74) is 4.55. The second-order valence-electron chi connectivity index (χ2n) is 9.85. The van der Waals surface area contributed by atoms with E-state index in [1.807, 2.05) is 0 Å². The molecule has 13 nitrogen and oxygen atoms in total. The van der Waals surface area contributed by atoms with Crippen LogP contribution in [0.4, 0.5) is 4.79 Å². The molecule has 0 aromatic heterocycles. The molecule has 2 N–H and O–H groups in total. The van der Waals surface area contributed by atoms with Crippen molar-refractivity contribution in [2.75, 3.05) is 26.4 Å². The Morgan fingerprint density at radius 3 is 1.93 bits per heavy atom. The van der Waals surface area contributed by atoms with Gasteiger partial charge >= 0.3 is 28.4 Å². The van der Waals surface area contributed by atoms with Crippen molar-refractivity contribution in [3.63, 3.8) is 0 Å². The topological polar surface area (TPSA) is 172 Å². The van der Waals surface area contributed by atoms with Gasteiger partial charge in [-0.05, 0) is 37.1 Å². The maximum absolute atomic E-state index is 12.7. The van der Waals surface area contributed by atoms with Crippen LogP contribution in [0, 0.1) is 5.41 Å².